The normalized spacial score (nSPS) is 13.1. The van der Waals surface area contributed by atoms with Crippen molar-refractivity contribution in [3.63, 3.8) is 0 Å². The molecule has 0 N–H and O–H groups in total. The van der Waals surface area contributed by atoms with Gasteiger partial charge in [-0.15, -0.1) is 0 Å². The SMILES string of the molecule is CCC(=O)OC[C@H](C)OC(C)C. The number of hydrogen-bond acceptors (Lipinski definition) is 3. The molecule has 0 radical (unpaired) electrons. The molecule has 3 nitrogen and oxygen atoms in total. The molecular formula is C9H18O3. The van der Waals surface area contributed by atoms with Crippen LogP contribution in [0.4, 0.5) is 0 Å². The van der Waals surface area contributed by atoms with Gasteiger partial charge in [-0.05, 0) is 20.8 Å². The Kier molecular flexibility index (Phi) is 5.72. The van der Waals surface area contributed by atoms with Crippen molar-refractivity contribution in [2.45, 2.75) is 46.3 Å². The average Bonchev–Trinajstić information content (AvgIpc) is 1.99. The predicted molar refractivity (Wildman–Crippen MR) is 46.9 cm³/mol. The standard InChI is InChI=1S/C9H18O3/c1-5-9(10)11-6-8(4)12-7(2)3/h7-8H,5-6H2,1-4H3/t8-/m0/s1. The third-order valence-electron chi connectivity index (χ3n) is 1.27. The summed E-state index contributed by atoms with van der Waals surface area (Å²) in [7, 11) is 0. The van der Waals surface area contributed by atoms with E-state index in [1.54, 1.807) is 6.92 Å². The molecule has 0 heterocycles. The Morgan fingerprint density at radius 3 is 2.33 bits per heavy atom. The highest BCUT2D eigenvalue weighted by molar-refractivity contribution is 5.68. The van der Waals surface area contributed by atoms with Crippen LogP contribution in [-0.4, -0.2) is 24.8 Å². The summed E-state index contributed by atoms with van der Waals surface area (Å²) in [6, 6.07) is 0. The van der Waals surface area contributed by atoms with Crippen molar-refractivity contribution >= 4 is 5.97 Å². The van der Waals surface area contributed by atoms with Crippen LogP contribution < -0.4 is 0 Å². The van der Waals surface area contributed by atoms with Crippen molar-refractivity contribution < 1.29 is 14.3 Å². The highest BCUT2D eigenvalue weighted by Gasteiger charge is 2.07. The van der Waals surface area contributed by atoms with Crippen LogP contribution in [0.1, 0.15) is 34.1 Å². The largest absolute Gasteiger partial charge is 0.463 e. The minimum absolute atomic E-state index is 0.0134. The molecule has 0 aliphatic carbocycles. The van der Waals surface area contributed by atoms with Crippen LogP contribution in [0.2, 0.25) is 0 Å². The highest BCUT2D eigenvalue weighted by Crippen LogP contribution is 1.98. The van der Waals surface area contributed by atoms with E-state index in [0.29, 0.717) is 13.0 Å². The Bertz CT molecular complexity index is 132. The van der Waals surface area contributed by atoms with Crippen LogP contribution in [0.3, 0.4) is 0 Å². The van der Waals surface area contributed by atoms with E-state index in [0.717, 1.165) is 0 Å². The molecular weight excluding hydrogens is 156 g/mol. The van der Waals surface area contributed by atoms with Gasteiger partial charge in [0.05, 0.1) is 12.2 Å². The summed E-state index contributed by atoms with van der Waals surface area (Å²) in [6.45, 7) is 7.93. The predicted octanol–water partition coefficient (Wildman–Crippen LogP) is 1.75. The third kappa shape index (κ3) is 6.16. The van der Waals surface area contributed by atoms with Crippen molar-refractivity contribution in [3.05, 3.63) is 0 Å². The lowest BCUT2D eigenvalue weighted by Gasteiger charge is -2.15. The first kappa shape index (κ1) is 11.4. The summed E-state index contributed by atoms with van der Waals surface area (Å²) in [6.07, 6.45) is 0.592. The van der Waals surface area contributed by atoms with Gasteiger partial charge in [0.25, 0.3) is 0 Å². The van der Waals surface area contributed by atoms with E-state index < -0.39 is 0 Å². The van der Waals surface area contributed by atoms with Crippen molar-refractivity contribution in [3.8, 4) is 0 Å². The summed E-state index contributed by atoms with van der Waals surface area (Å²) in [5, 5.41) is 0. The molecule has 0 rings (SSSR count). The molecule has 0 saturated carbocycles. The lowest BCUT2D eigenvalue weighted by Crippen LogP contribution is -2.21. The molecule has 0 spiro atoms. The molecule has 0 amide bonds. The van der Waals surface area contributed by atoms with Gasteiger partial charge in [-0.3, -0.25) is 4.79 Å². The molecule has 12 heavy (non-hydrogen) atoms. The summed E-state index contributed by atoms with van der Waals surface area (Å²) >= 11 is 0. The van der Waals surface area contributed by atoms with Crippen LogP contribution in [0.25, 0.3) is 0 Å². The first-order chi connectivity index (χ1) is 5.56. The van der Waals surface area contributed by atoms with E-state index in [2.05, 4.69) is 0 Å². The molecule has 0 aromatic heterocycles. The van der Waals surface area contributed by atoms with Crippen LogP contribution in [0.15, 0.2) is 0 Å². The molecule has 0 aromatic rings. The van der Waals surface area contributed by atoms with Crippen LogP contribution >= 0.6 is 0 Å². The summed E-state index contributed by atoms with van der Waals surface area (Å²) < 4.78 is 10.3. The second kappa shape index (κ2) is 6.00. The maximum absolute atomic E-state index is 10.7. The van der Waals surface area contributed by atoms with Crippen LogP contribution in [0, 0.1) is 0 Å². The van der Waals surface area contributed by atoms with E-state index in [-0.39, 0.29) is 18.2 Å². The number of ether oxygens (including phenoxy) is 2. The number of hydrogen-bond donors (Lipinski definition) is 0. The zero-order chi connectivity index (χ0) is 9.56. The van der Waals surface area contributed by atoms with Gasteiger partial charge in [0.15, 0.2) is 0 Å². The average molecular weight is 174 g/mol. The second-order valence-electron chi connectivity index (χ2n) is 3.03. The fourth-order valence-corrected chi connectivity index (χ4v) is 0.816. The zero-order valence-electron chi connectivity index (χ0n) is 8.29. The van der Waals surface area contributed by atoms with Gasteiger partial charge in [-0.25, -0.2) is 0 Å². The Balaban J connectivity index is 3.43. The van der Waals surface area contributed by atoms with E-state index in [4.69, 9.17) is 9.47 Å². The van der Waals surface area contributed by atoms with E-state index in [9.17, 15) is 4.79 Å². The first-order valence-electron chi connectivity index (χ1n) is 4.37. The molecule has 0 aliphatic heterocycles. The van der Waals surface area contributed by atoms with E-state index >= 15 is 0 Å². The van der Waals surface area contributed by atoms with Gasteiger partial charge in [-0.2, -0.15) is 0 Å². The molecule has 0 saturated heterocycles. The quantitative estimate of drug-likeness (QED) is 0.596. The summed E-state index contributed by atoms with van der Waals surface area (Å²) in [4.78, 5) is 10.7. The fourth-order valence-electron chi connectivity index (χ4n) is 0.816. The number of rotatable bonds is 5. The Hall–Kier alpha value is -0.570. The minimum atomic E-state index is -0.172. The number of carbonyl (C=O) groups excluding carboxylic acids is 1. The smallest absolute Gasteiger partial charge is 0.305 e. The Morgan fingerprint density at radius 2 is 1.92 bits per heavy atom. The van der Waals surface area contributed by atoms with Crippen LogP contribution in [0.5, 0.6) is 0 Å². The van der Waals surface area contributed by atoms with Crippen molar-refractivity contribution in [2.24, 2.45) is 0 Å². The maximum Gasteiger partial charge on any atom is 0.305 e. The van der Waals surface area contributed by atoms with Gasteiger partial charge >= 0.3 is 5.97 Å². The van der Waals surface area contributed by atoms with Gasteiger partial charge < -0.3 is 9.47 Å². The second-order valence-corrected chi connectivity index (χ2v) is 3.03. The summed E-state index contributed by atoms with van der Waals surface area (Å²) in [5.74, 6) is -0.172. The highest BCUT2D eigenvalue weighted by atomic mass is 16.6. The molecule has 72 valence electrons. The zero-order valence-corrected chi connectivity index (χ0v) is 8.29. The first-order valence-corrected chi connectivity index (χ1v) is 4.37. The van der Waals surface area contributed by atoms with Gasteiger partial charge in [0.2, 0.25) is 0 Å². The molecule has 1 atom stereocenters. The summed E-state index contributed by atoms with van der Waals surface area (Å²) in [5.41, 5.74) is 0. The van der Waals surface area contributed by atoms with Crippen molar-refractivity contribution in [1.29, 1.82) is 0 Å². The third-order valence-corrected chi connectivity index (χ3v) is 1.27. The van der Waals surface area contributed by atoms with Gasteiger partial charge in [-0.1, -0.05) is 6.92 Å². The minimum Gasteiger partial charge on any atom is -0.463 e. The fraction of sp³-hybridized carbons (Fsp3) is 0.889. The Morgan fingerprint density at radius 1 is 1.33 bits per heavy atom. The van der Waals surface area contributed by atoms with E-state index in [1.165, 1.54) is 0 Å². The lowest BCUT2D eigenvalue weighted by atomic mass is 10.4. The number of carbonyl (C=O) groups is 1. The van der Waals surface area contributed by atoms with Crippen molar-refractivity contribution in [2.75, 3.05) is 6.61 Å². The molecule has 3 heteroatoms. The monoisotopic (exact) mass is 174 g/mol. The van der Waals surface area contributed by atoms with E-state index in [1.807, 2.05) is 20.8 Å². The molecule has 0 aromatic carbocycles. The maximum atomic E-state index is 10.7. The molecule has 0 unspecified atom stereocenters. The van der Waals surface area contributed by atoms with Crippen molar-refractivity contribution in [1.82, 2.24) is 0 Å². The topological polar surface area (TPSA) is 35.5 Å². The Labute approximate surface area is 74.0 Å². The van der Waals surface area contributed by atoms with Gasteiger partial charge in [0.1, 0.15) is 6.61 Å². The van der Waals surface area contributed by atoms with Gasteiger partial charge in [0, 0.05) is 6.42 Å². The molecule has 0 aliphatic rings. The molecule has 0 bridgehead atoms. The molecule has 0 fully saturated rings. The number of esters is 1. The van der Waals surface area contributed by atoms with Crippen LogP contribution in [-0.2, 0) is 14.3 Å². The lowest BCUT2D eigenvalue weighted by molar-refractivity contribution is -0.148.